The molecule has 0 spiro atoms. The number of nitrogens with zero attached hydrogens (tertiary/aromatic N) is 2. The summed E-state index contributed by atoms with van der Waals surface area (Å²) in [7, 11) is -3.06. The van der Waals surface area contributed by atoms with Crippen LogP contribution in [0, 0.1) is 6.92 Å². The van der Waals surface area contributed by atoms with Crippen LogP contribution in [-0.4, -0.2) is 47.2 Å². The van der Waals surface area contributed by atoms with Gasteiger partial charge in [-0.2, -0.15) is 0 Å². The highest BCUT2D eigenvalue weighted by Gasteiger charge is 2.29. The molecule has 1 fully saturated rings. The van der Waals surface area contributed by atoms with Gasteiger partial charge in [0.1, 0.15) is 0 Å². The number of rotatable bonds is 5. The Morgan fingerprint density at radius 1 is 1.20 bits per heavy atom. The smallest absolute Gasteiger partial charge is 0.266 e. The Bertz CT molecular complexity index is 1270. The van der Waals surface area contributed by atoms with E-state index in [9.17, 15) is 18.0 Å². The van der Waals surface area contributed by atoms with Crippen LogP contribution in [0.3, 0.4) is 0 Å². The summed E-state index contributed by atoms with van der Waals surface area (Å²) < 4.78 is 24.7. The normalized spacial score (nSPS) is 17.8. The van der Waals surface area contributed by atoms with Crippen molar-refractivity contribution in [2.24, 2.45) is 0 Å². The maximum atomic E-state index is 13.2. The Morgan fingerprint density at radius 2 is 1.93 bits per heavy atom. The molecule has 2 heterocycles. The summed E-state index contributed by atoms with van der Waals surface area (Å²) in [6.45, 7) is 1.97. The number of nitrogens with one attached hydrogen (secondary N) is 1. The van der Waals surface area contributed by atoms with Crippen molar-refractivity contribution in [1.29, 1.82) is 0 Å². The maximum Gasteiger partial charge on any atom is 0.266 e. The van der Waals surface area contributed by atoms with Crippen LogP contribution in [0.2, 0.25) is 0 Å². The van der Waals surface area contributed by atoms with Gasteiger partial charge in [-0.1, -0.05) is 41.6 Å². The third-order valence-corrected chi connectivity index (χ3v) is 7.67. The molecular formula is C21H21N3O4S2. The fourth-order valence-corrected chi connectivity index (χ4v) is 5.94. The van der Waals surface area contributed by atoms with Crippen molar-refractivity contribution < 1.29 is 13.2 Å². The van der Waals surface area contributed by atoms with E-state index < -0.39 is 9.84 Å². The second-order valence-corrected chi connectivity index (χ2v) is 10.5. The van der Waals surface area contributed by atoms with Crippen molar-refractivity contribution in [1.82, 2.24) is 14.9 Å². The first-order valence-electron chi connectivity index (χ1n) is 9.54. The van der Waals surface area contributed by atoms with E-state index in [-0.39, 0.29) is 34.8 Å². The second kappa shape index (κ2) is 8.23. The summed E-state index contributed by atoms with van der Waals surface area (Å²) in [6.07, 6.45) is 0.432. The molecule has 156 valence electrons. The molecule has 1 aliphatic heterocycles. The largest absolute Gasteiger partial charge is 0.352 e. The van der Waals surface area contributed by atoms with Gasteiger partial charge in [0.25, 0.3) is 5.56 Å². The quantitative estimate of drug-likeness (QED) is 0.479. The zero-order valence-corrected chi connectivity index (χ0v) is 18.0. The minimum absolute atomic E-state index is 0.0221. The number of para-hydroxylation sites is 1. The van der Waals surface area contributed by atoms with Gasteiger partial charge < -0.3 is 5.32 Å². The Hall–Kier alpha value is -2.65. The van der Waals surface area contributed by atoms with Gasteiger partial charge in [-0.15, -0.1) is 0 Å². The molecule has 4 rings (SSSR count). The third kappa shape index (κ3) is 4.41. The molecule has 1 amide bonds. The van der Waals surface area contributed by atoms with Crippen LogP contribution in [0.15, 0.2) is 58.5 Å². The maximum absolute atomic E-state index is 13.2. The number of benzene rings is 2. The van der Waals surface area contributed by atoms with E-state index in [1.54, 1.807) is 18.2 Å². The minimum atomic E-state index is -3.06. The zero-order valence-electron chi connectivity index (χ0n) is 16.4. The topological polar surface area (TPSA) is 98.1 Å². The van der Waals surface area contributed by atoms with Gasteiger partial charge >= 0.3 is 0 Å². The highest BCUT2D eigenvalue weighted by Crippen LogP contribution is 2.22. The molecule has 0 unspecified atom stereocenters. The van der Waals surface area contributed by atoms with Crippen LogP contribution in [0.25, 0.3) is 16.6 Å². The lowest BCUT2D eigenvalue weighted by Gasteiger charge is -2.14. The molecule has 2 aromatic carbocycles. The molecule has 0 saturated carbocycles. The van der Waals surface area contributed by atoms with E-state index in [1.807, 2.05) is 37.3 Å². The number of carbonyl (C=O) groups excluding carboxylic acids is 1. The number of sulfone groups is 1. The summed E-state index contributed by atoms with van der Waals surface area (Å²) in [6, 6.07) is 14.3. The number of fused-ring (bicyclic) bond motifs is 1. The summed E-state index contributed by atoms with van der Waals surface area (Å²) in [5.74, 6) is -0.164. The molecule has 1 saturated heterocycles. The molecule has 1 atom stereocenters. The number of aromatic nitrogens is 2. The van der Waals surface area contributed by atoms with Crippen LogP contribution in [-0.2, 0) is 14.6 Å². The van der Waals surface area contributed by atoms with E-state index in [0.717, 1.165) is 17.3 Å². The van der Waals surface area contributed by atoms with Crippen LogP contribution >= 0.6 is 11.8 Å². The van der Waals surface area contributed by atoms with Crippen LogP contribution in [0.1, 0.15) is 12.0 Å². The summed E-state index contributed by atoms with van der Waals surface area (Å²) in [5.41, 5.74) is 2.11. The van der Waals surface area contributed by atoms with Gasteiger partial charge in [-0.3, -0.25) is 14.2 Å². The first-order chi connectivity index (χ1) is 14.3. The second-order valence-electron chi connectivity index (χ2n) is 7.34. The fourth-order valence-electron chi connectivity index (χ4n) is 3.44. The number of hydrogen-bond acceptors (Lipinski definition) is 6. The predicted molar refractivity (Wildman–Crippen MR) is 118 cm³/mol. The highest BCUT2D eigenvalue weighted by molar-refractivity contribution is 7.99. The minimum Gasteiger partial charge on any atom is -0.352 e. The fraction of sp³-hybridized carbons (Fsp3) is 0.286. The standard InChI is InChI=1S/C21H21N3O4S2/c1-14-6-8-16(9-7-14)24-20(26)17-4-2-3-5-18(17)23-21(24)29-12-19(25)22-15-10-11-30(27,28)13-15/h2-9,15H,10-13H2,1H3,(H,22,25)/t15-/m0/s1. The number of hydrogen-bond donors (Lipinski definition) is 1. The van der Waals surface area contributed by atoms with Crippen LogP contribution < -0.4 is 10.9 Å². The van der Waals surface area contributed by atoms with Gasteiger partial charge in [0.15, 0.2) is 15.0 Å². The zero-order chi connectivity index (χ0) is 21.3. The lowest BCUT2D eigenvalue weighted by molar-refractivity contribution is -0.119. The SMILES string of the molecule is Cc1ccc(-n2c(SCC(=O)N[C@H]3CCS(=O)(=O)C3)nc3ccccc3c2=O)cc1. The molecule has 1 N–H and O–H groups in total. The molecule has 0 radical (unpaired) electrons. The molecule has 0 bridgehead atoms. The molecular weight excluding hydrogens is 422 g/mol. The van der Waals surface area contributed by atoms with Gasteiger partial charge in [0, 0.05) is 6.04 Å². The average molecular weight is 444 g/mol. The van der Waals surface area contributed by atoms with Crippen molar-refractivity contribution in [2.75, 3.05) is 17.3 Å². The van der Waals surface area contributed by atoms with Crippen molar-refractivity contribution >= 4 is 38.4 Å². The number of carbonyl (C=O) groups is 1. The molecule has 1 aromatic heterocycles. The molecule has 9 heteroatoms. The number of amides is 1. The highest BCUT2D eigenvalue weighted by atomic mass is 32.2. The number of thioether (sulfide) groups is 1. The summed E-state index contributed by atoms with van der Waals surface area (Å²) in [4.78, 5) is 30.2. The van der Waals surface area contributed by atoms with E-state index in [0.29, 0.717) is 28.2 Å². The summed E-state index contributed by atoms with van der Waals surface area (Å²) >= 11 is 1.16. The number of aryl methyl sites for hydroxylation is 1. The Labute approximate surface area is 178 Å². The van der Waals surface area contributed by atoms with Gasteiger partial charge in [-0.05, 0) is 37.6 Å². The Kier molecular flexibility index (Phi) is 5.66. The van der Waals surface area contributed by atoms with Crippen molar-refractivity contribution in [2.45, 2.75) is 24.5 Å². The molecule has 0 aliphatic carbocycles. The van der Waals surface area contributed by atoms with E-state index in [2.05, 4.69) is 10.3 Å². The van der Waals surface area contributed by atoms with Gasteiger partial charge in [-0.25, -0.2) is 13.4 Å². The third-order valence-electron chi connectivity index (χ3n) is 4.97. The molecule has 1 aliphatic rings. The van der Waals surface area contributed by atoms with E-state index >= 15 is 0 Å². The molecule has 30 heavy (non-hydrogen) atoms. The lowest BCUT2D eigenvalue weighted by atomic mass is 10.2. The Balaban J connectivity index is 1.62. The van der Waals surface area contributed by atoms with Gasteiger partial charge in [0.05, 0.1) is 33.8 Å². The van der Waals surface area contributed by atoms with Crippen molar-refractivity contribution in [3.05, 3.63) is 64.4 Å². The molecule has 3 aromatic rings. The molecule has 7 nitrogen and oxygen atoms in total. The van der Waals surface area contributed by atoms with Crippen LogP contribution in [0.4, 0.5) is 0 Å². The van der Waals surface area contributed by atoms with Crippen molar-refractivity contribution in [3.63, 3.8) is 0 Å². The lowest BCUT2D eigenvalue weighted by Crippen LogP contribution is -2.36. The monoisotopic (exact) mass is 443 g/mol. The Morgan fingerprint density at radius 3 is 2.63 bits per heavy atom. The predicted octanol–water partition coefficient (Wildman–Crippen LogP) is 2.09. The summed E-state index contributed by atoms with van der Waals surface area (Å²) in [5, 5.41) is 3.69. The first-order valence-corrected chi connectivity index (χ1v) is 12.3. The van der Waals surface area contributed by atoms with Gasteiger partial charge in [0.2, 0.25) is 5.91 Å². The van der Waals surface area contributed by atoms with Crippen LogP contribution in [0.5, 0.6) is 0 Å². The van der Waals surface area contributed by atoms with E-state index in [1.165, 1.54) is 4.57 Å². The average Bonchev–Trinajstić information content (AvgIpc) is 3.05. The first kappa shape index (κ1) is 20.6. The van der Waals surface area contributed by atoms with Crippen molar-refractivity contribution in [3.8, 4) is 5.69 Å². The van der Waals surface area contributed by atoms with E-state index in [4.69, 9.17) is 0 Å².